The molecule has 1 fully saturated rings. The maximum absolute atomic E-state index is 12.8. The Morgan fingerprint density at radius 3 is 2.43 bits per heavy atom. The smallest absolute Gasteiger partial charge is 0.226 e. The minimum absolute atomic E-state index is 0.0888. The van der Waals surface area contributed by atoms with Crippen LogP contribution in [0.15, 0.2) is 24.3 Å². The molecule has 2 aliphatic heterocycles. The number of rotatable bonds is 3. The van der Waals surface area contributed by atoms with Crippen LogP contribution in [0.2, 0.25) is 0 Å². The van der Waals surface area contributed by atoms with Crippen molar-refractivity contribution >= 4 is 11.8 Å². The molecular formula is C19H26N2O2. The second kappa shape index (κ2) is 7.16. The third kappa shape index (κ3) is 3.57. The summed E-state index contributed by atoms with van der Waals surface area (Å²) in [6, 6.07) is 8.40. The van der Waals surface area contributed by atoms with E-state index in [-0.39, 0.29) is 17.7 Å². The fourth-order valence-corrected chi connectivity index (χ4v) is 3.69. The van der Waals surface area contributed by atoms with Crippen molar-refractivity contribution in [3.8, 4) is 0 Å². The molecule has 0 radical (unpaired) electrons. The van der Waals surface area contributed by atoms with Gasteiger partial charge in [-0.3, -0.25) is 9.59 Å². The fourth-order valence-electron chi connectivity index (χ4n) is 3.69. The highest BCUT2D eigenvalue weighted by Gasteiger charge is 2.31. The van der Waals surface area contributed by atoms with Gasteiger partial charge < -0.3 is 9.80 Å². The molecule has 4 heteroatoms. The van der Waals surface area contributed by atoms with Crippen LogP contribution in [-0.2, 0) is 22.6 Å². The second-order valence-electron chi connectivity index (χ2n) is 6.68. The molecule has 124 valence electrons. The van der Waals surface area contributed by atoms with E-state index in [0.29, 0.717) is 6.42 Å². The summed E-state index contributed by atoms with van der Waals surface area (Å²) in [5, 5.41) is 0. The van der Waals surface area contributed by atoms with E-state index in [1.54, 1.807) is 0 Å². The lowest BCUT2D eigenvalue weighted by Crippen LogP contribution is -2.45. The summed E-state index contributed by atoms with van der Waals surface area (Å²) in [6.07, 6.45) is 4.10. The molecule has 0 atom stereocenters. The van der Waals surface area contributed by atoms with E-state index in [1.807, 2.05) is 22.8 Å². The quantitative estimate of drug-likeness (QED) is 0.860. The van der Waals surface area contributed by atoms with Gasteiger partial charge in [0.25, 0.3) is 0 Å². The molecule has 1 saturated heterocycles. The Bertz CT molecular complexity index is 576. The van der Waals surface area contributed by atoms with Gasteiger partial charge in [-0.2, -0.15) is 0 Å². The van der Waals surface area contributed by atoms with Gasteiger partial charge in [-0.05, 0) is 36.8 Å². The SMILES string of the molecule is CCCC(=O)N1CCC(C(=O)N2CCc3ccccc3C2)CC1. The summed E-state index contributed by atoms with van der Waals surface area (Å²) in [7, 11) is 0. The van der Waals surface area contributed by atoms with E-state index in [4.69, 9.17) is 0 Å². The van der Waals surface area contributed by atoms with Crippen molar-refractivity contribution in [3.05, 3.63) is 35.4 Å². The molecule has 1 aromatic rings. The summed E-state index contributed by atoms with van der Waals surface area (Å²) in [5.74, 6) is 0.610. The molecule has 2 heterocycles. The molecule has 0 bridgehead atoms. The number of hydrogen-bond donors (Lipinski definition) is 0. The average Bonchev–Trinajstić information content (AvgIpc) is 2.61. The Balaban J connectivity index is 1.55. The van der Waals surface area contributed by atoms with Crippen molar-refractivity contribution in [2.45, 2.75) is 45.6 Å². The first-order valence-electron chi connectivity index (χ1n) is 8.82. The summed E-state index contributed by atoms with van der Waals surface area (Å²) >= 11 is 0. The van der Waals surface area contributed by atoms with Crippen molar-refractivity contribution in [1.29, 1.82) is 0 Å². The van der Waals surface area contributed by atoms with E-state index < -0.39 is 0 Å². The lowest BCUT2D eigenvalue weighted by Gasteiger charge is -2.36. The number of piperidine rings is 1. The highest BCUT2D eigenvalue weighted by atomic mass is 16.2. The predicted octanol–water partition coefficient (Wildman–Crippen LogP) is 2.61. The lowest BCUT2D eigenvalue weighted by molar-refractivity contribution is -0.141. The van der Waals surface area contributed by atoms with Crippen LogP contribution in [0.1, 0.15) is 43.7 Å². The number of likely N-dealkylation sites (tertiary alicyclic amines) is 1. The van der Waals surface area contributed by atoms with Gasteiger partial charge in [-0.25, -0.2) is 0 Å². The largest absolute Gasteiger partial charge is 0.343 e. The minimum Gasteiger partial charge on any atom is -0.343 e. The van der Waals surface area contributed by atoms with E-state index in [1.165, 1.54) is 11.1 Å². The average molecular weight is 314 g/mol. The number of hydrogen-bond acceptors (Lipinski definition) is 2. The normalized spacial score (nSPS) is 18.7. The summed E-state index contributed by atoms with van der Waals surface area (Å²) in [6.45, 7) is 5.07. The molecule has 4 nitrogen and oxygen atoms in total. The van der Waals surface area contributed by atoms with Gasteiger partial charge in [0.1, 0.15) is 0 Å². The van der Waals surface area contributed by atoms with Crippen LogP contribution in [-0.4, -0.2) is 41.2 Å². The first-order valence-corrected chi connectivity index (χ1v) is 8.82. The molecular weight excluding hydrogens is 288 g/mol. The standard InChI is InChI=1S/C19H26N2O2/c1-2-5-18(22)20-11-9-16(10-12-20)19(23)21-13-8-15-6-3-4-7-17(15)14-21/h3-4,6-7,16H,2,5,8-14H2,1H3. The molecule has 0 aromatic heterocycles. The van der Waals surface area contributed by atoms with Crippen molar-refractivity contribution in [2.75, 3.05) is 19.6 Å². The number of fused-ring (bicyclic) bond motifs is 1. The van der Waals surface area contributed by atoms with E-state index in [0.717, 1.165) is 51.9 Å². The van der Waals surface area contributed by atoms with Crippen LogP contribution in [0.25, 0.3) is 0 Å². The number of carbonyl (C=O) groups excluding carboxylic acids is 2. The summed E-state index contributed by atoms with van der Waals surface area (Å²) in [4.78, 5) is 28.7. The van der Waals surface area contributed by atoms with Crippen molar-refractivity contribution in [3.63, 3.8) is 0 Å². The van der Waals surface area contributed by atoms with Gasteiger partial charge in [-0.1, -0.05) is 31.2 Å². The van der Waals surface area contributed by atoms with E-state index in [2.05, 4.69) is 18.2 Å². The monoisotopic (exact) mass is 314 g/mol. The third-order valence-corrected chi connectivity index (χ3v) is 5.10. The Morgan fingerprint density at radius 2 is 1.74 bits per heavy atom. The maximum Gasteiger partial charge on any atom is 0.226 e. The highest BCUT2D eigenvalue weighted by Crippen LogP contribution is 2.24. The van der Waals surface area contributed by atoms with Crippen molar-refractivity contribution < 1.29 is 9.59 Å². The van der Waals surface area contributed by atoms with Gasteiger partial charge in [0.2, 0.25) is 11.8 Å². The minimum atomic E-state index is 0.0888. The van der Waals surface area contributed by atoms with Crippen LogP contribution >= 0.6 is 0 Å². The first-order chi connectivity index (χ1) is 11.2. The van der Waals surface area contributed by atoms with Crippen LogP contribution in [0, 0.1) is 5.92 Å². The van der Waals surface area contributed by atoms with Crippen molar-refractivity contribution in [1.82, 2.24) is 9.80 Å². The highest BCUT2D eigenvalue weighted by molar-refractivity contribution is 5.80. The lowest BCUT2D eigenvalue weighted by atomic mass is 9.93. The molecule has 0 spiro atoms. The Labute approximate surface area is 138 Å². The molecule has 0 aliphatic carbocycles. The topological polar surface area (TPSA) is 40.6 Å². The predicted molar refractivity (Wildman–Crippen MR) is 89.8 cm³/mol. The second-order valence-corrected chi connectivity index (χ2v) is 6.68. The zero-order valence-electron chi connectivity index (χ0n) is 14.0. The molecule has 2 aliphatic rings. The molecule has 3 rings (SSSR count). The van der Waals surface area contributed by atoms with Gasteiger partial charge in [0.15, 0.2) is 0 Å². The maximum atomic E-state index is 12.8. The van der Waals surface area contributed by atoms with Gasteiger partial charge in [-0.15, -0.1) is 0 Å². The van der Waals surface area contributed by atoms with Crippen LogP contribution < -0.4 is 0 Å². The van der Waals surface area contributed by atoms with Gasteiger partial charge in [0, 0.05) is 38.5 Å². The molecule has 0 N–H and O–H groups in total. The van der Waals surface area contributed by atoms with Gasteiger partial charge >= 0.3 is 0 Å². The van der Waals surface area contributed by atoms with Crippen LogP contribution in [0.4, 0.5) is 0 Å². The molecule has 1 aromatic carbocycles. The van der Waals surface area contributed by atoms with Crippen LogP contribution in [0.5, 0.6) is 0 Å². The molecule has 0 saturated carbocycles. The number of amides is 2. The number of carbonyl (C=O) groups is 2. The number of benzene rings is 1. The summed E-state index contributed by atoms with van der Waals surface area (Å²) < 4.78 is 0. The molecule has 0 unspecified atom stereocenters. The Morgan fingerprint density at radius 1 is 1.04 bits per heavy atom. The first kappa shape index (κ1) is 16.0. The summed E-state index contributed by atoms with van der Waals surface area (Å²) in [5.41, 5.74) is 2.65. The van der Waals surface area contributed by atoms with Crippen molar-refractivity contribution in [2.24, 2.45) is 5.92 Å². The molecule has 2 amide bonds. The van der Waals surface area contributed by atoms with Crippen LogP contribution in [0.3, 0.4) is 0 Å². The Kier molecular flexibility index (Phi) is 4.99. The molecule has 23 heavy (non-hydrogen) atoms. The Hall–Kier alpha value is -1.84. The zero-order chi connectivity index (χ0) is 16.2. The zero-order valence-corrected chi connectivity index (χ0v) is 14.0. The third-order valence-electron chi connectivity index (χ3n) is 5.10. The van der Waals surface area contributed by atoms with E-state index >= 15 is 0 Å². The number of nitrogens with zero attached hydrogens (tertiary/aromatic N) is 2. The van der Waals surface area contributed by atoms with E-state index in [9.17, 15) is 9.59 Å². The van der Waals surface area contributed by atoms with Gasteiger partial charge in [0.05, 0.1) is 0 Å². The fraction of sp³-hybridized carbons (Fsp3) is 0.579.